The highest BCUT2D eigenvalue weighted by atomic mass is 79.9. The Kier molecular flexibility index (Phi) is 4.62. The zero-order valence-electron chi connectivity index (χ0n) is 13.8. The van der Waals surface area contributed by atoms with Gasteiger partial charge in [0, 0.05) is 22.1 Å². The molecule has 1 atom stereocenters. The van der Waals surface area contributed by atoms with Crippen LogP contribution in [0.15, 0.2) is 65.2 Å². The van der Waals surface area contributed by atoms with Gasteiger partial charge in [-0.3, -0.25) is 9.59 Å². The van der Waals surface area contributed by atoms with Crippen molar-refractivity contribution in [3.8, 4) is 0 Å². The van der Waals surface area contributed by atoms with Gasteiger partial charge >= 0.3 is 0 Å². The van der Waals surface area contributed by atoms with Crippen LogP contribution in [0, 0.1) is 0 Å². The van der Waals surface area contributed by atoms with E-state index in [0.29, 0.717) is 23.4 Å². The summed E-state index contributed by atoms with van der Waals surface area (Å²) in [5.41, 5.74) is 0.496. The van der Waals surface area contributed by atoms with Crippen molar-refractivity contribution >= 4 is 33.3 Å². The lowest BCUT2D eigenvalue weighted by Crippen LogP contribution is -2.42. The Morgan fingerprint density at radius 1 is 1.20 bits per heavy atom. The van der Waals surface area contributed by atoms with E-state index in [-0.39, 0.29) is 12.2 Å². The molecule has 3 rings (SSSR count). The van der Waals surface area contributed by atoms with Gasteiger partial charge in [-0.1, -0.05) is 58.4 Å². The number of benzene rings is 2. The highest BCUT2D eigenvalue weighted by Crippen LogP contribution is 2.43. The van der Waals surface area contributed by atoms with Crippen LogP contribution in [0.25, 0.3) is 0 Å². The van der Waals surface area contributed by atoms with Crippen LogP contribution in [-0.2, 0) is 10.4 Å². The molecular formula is C20H18BrNO3. The number of fused-ring (bicyclic) bond motifs is 1. The Hall–Kier alpha value is -2.24. The van der Waals surface area contributed by atoms with Gasteiger partial charge in [0.1, 0.15) is 0 Å². The standard InChI is InChI=1S/C20H18BrNO3/c1-13(2)12-22-17-6-4-3-5-16(17)20(25,19(22)24)11-18(23)14-7-9-15(21)10-8-14/h3-10,25H,1,11-12H2,2H3. The summed E-state index contributed by atoms with van der Waals surface area (Å²) in [5.74, 6) is -0.766. The molecule has 0 bridgehead atoms. The molecule has 25 heavy (non-hydrogen) atoms. The molecule has 0 aliphatic carbocycles. The van der Waals surface area contributed by atoms with Crippen molar-refractivity contribution in [3.63, 3.8) is 0 Å². The third kappa shape index (κ3) is 3.17. The molecule has 0 saturated carbocycles. The number of carbonyl (C=O) groups is 2. The molecular weight excluding hydrogens is 382 g/mol. The molecule has 0 saturated heterocycles. The molecule has 1 amide bonds. The summed E-state index contributed by atoms with van der Waals surface area (Å²) in [7, 11) is 0. The first kappa shape index (κ1) is 17.6. The summed E-state index contributed by atoms with van der Waals surface area (Å²) in [5, 5.41) is 11.1. The molecule has 128 valence electrons. The molecule has 1 unspecified atom stereocenters. The molecule has 0 radical (unpaired) electrons. The molecule has 1 N–H and O–H groups in total. The number of aliphatic hydroxyl groups is 1. The number of nitrogens with zero attached hydrogens (tertiary/aromatic N) is 1. The minimum atomic E-state index is -1.85. The van der Waals surface area contributed by atoms with Crippen molar-refractivity contribution in [1.82, 2.24) is 0 Å². The topological polar surface area (TPSA) is 57.6 Å². The van der Waals surface area contributed by atoms with Gasteiger partial charge in [-0.2, -0.15) is 0 Å². The van der Waals surface area contributed by atoms with Crippen LogP contribution in [-0.4, -0.2) is 23.3 Å². The van der Waals surface area contributed by atoms with E-state index in [0.717, 1.165) is 10.0 Å². The maximum atomic E-state index is 12.9. The maximum Gasteiger partial charge on any atom is 0.264 e. The Balaban J connectivity index is 1.96. The van der Waals surface area contributed by atoms with Crippen LogP contribution in [0.4, 0.5) is 5.69 Å². The first-order valence-electron chi connectivity index (χ1n) is 7.90. The number of hydrogen-bond acceptors (Lipinski definition) is 3. The minimum absolute atomic E-state index is 0.282. The first-order chi connectivity index (χ1) is 11.8. The number of ketones is 1. The minimum Gasteiger partial charge on any atom is -0.375 e. The van der Waals surface area contributed by atoms with Crippen molar-refractivity contribution in [3.05, 3.63) is 76.3 Å². The Bertz CT molecular complexity index is 859. The SMILES string of the molecule is C=C(C)CN1C(=O)C(O)(CC(=O)c2ccc(Br)cc2)c2ccccc21. The van der Waals surface area contributed by atoms with E-state index >= 15 is 0 Å². The molecule has 4 nitrogen and oxygen atoms in total. The van der Waals surface area contributed by atoms with Crippen LogP contribution in [0.2, 0.25) is 0 Å². The van der Waals surface area contributed by atoms with Crippen LogP contribution in [0.3, 0.4) is 0 Å². The second kappa shape index (κ2) is 6.58. The van der Waals surface area contributed by atoms with Crippen LogP contribution < -0.4 is 4.90 Å². The number of anilines is 1. The normalized spacial score (nSPS) is 19.0. The third-order valence-electron chi connectivity index (χ3n) is 4.25. The first-order valence-corrected chi connectivity index (χ1v) is 8.69. The fraction of sp³-hybridized carbons (Fsp3) is 0.200. The molecule has 0 spiro atoms. The van der Waals surface area contributed by atoms with Crippen molar-refractivity contribution < 1.29 is 14.7 Å². The second-order valence-electron chi connectivity index (χ2n) is 6.33. The van der Waals surface area contributed by atoms with E-state index in [2.05, 4.69) is 22.5 Å². The molecule has 0 fully saturated rings. The second-order valence-corrected chi connectivity index (χ2v) is 7.25. The lowest BCUT2D eigenvalue weighted by atomic mass is 9.88. The van der Waals surface area contributed by atoms with Gasteiger partial charge < -0.3 is 10.0 Å². The number of hydrogen-bond donors (Lipinski definition) is 1. The highest BCUT2D eigenvalue weighted by molar-refractivity contribution is 9.10. The molecule has 1 heterocycles. The molecule has 0 aromatic heterocycles. The van der Waals surface area contributed by atoms with Crippen molar-refractivity contribution in [1.29, 1.82) is 0 Å². The Morgan fingerprint density at radius 3 is 2.48 bits per heavy atom. The predicted molar refractivity (Wildman–Crippen MR) is 101 cm³/mol. The Labute approximate surface area is 154 Å². The molecule has 1 aliphatic rings. The van der Waals surface area contributed by atoms with Gasteiger partial charge in [0.2, 0.25) is 0 Å². The quantitative estimate of drug-likeness (QED) is 0.613. The predicted octanol–water partition coefficient (Wildman–Crippen LogP) is 3.83. The summed E-state index contributed by atoms with van der Waals surface area (Å²) in [4.78, 5) is 27.0. The van der Waals surface area contributed by atoms with Gasteiger partial charge in [0.05, 0.1) is 12.1 Å². The smallest absolute Gasteiger partial charge is 0.264 e. The molecule has 1 aliphatic heterocycles. The van der Waals surface area contributed by atoms with Gasteiger partial charge in [-0.15, -0.1) is 0 Å². The summed E-state index contributed by atoms with van der Waals surface area (Å²) < 4.78 is 0.859. The van der Waals surface area contributed by atoms with E-state index in [1.807, 2.05) is 6.92 Å². The number of Topliss-reactive ketones (excluding diaryl/α,β-unsaturated/α-hetero) is 1. The summed E-state index contributed by atoms with van der Waals surface area (Å²) in [6.07, 6.45) is -0.294. The van der Waals surface area contributed by atoms with Crippen molar-refractivity contribution in [2.45, 2.75) is 18.9 Å². The fourth-order valence-corrected chi connectivity index (χ4v) is 3.34. The maximum absolute atomic E-state index is 12.9. The van der Waals surface area contributed by atoms with Crippen molar-refractivity contribution in [2.75, 3.05) is 11.4 Å². The van der Waals surface area contributed by atoms with E-state index in [1.54, 1.807) is 48.5 Å². The summed E-state index contributed by atoms with van der Waals surface area (Å²) >= 11 is 3.33. The summed E-state index contributed by atoms with van der Waals surface area (Å²) in [6, 6.07) is 13.9. The van der Waals surface area contributed by atoms with E-state index in [4.69, 9.17) is 0 Å². The van der Waals surface area contributed by atoms with E-state index < -0.39 is 11.5 Å². The van der Waals surface area contributed by atoms with Gasteiger partial charge in [-0.05, 0) is 25.1 Å². The molecule has 5 heteroatoms. The summed E-state index contributed by atoms with van der Waals surface area (Å²) in [6.45, 7) is 5.97. The Morgan fingerprint density at radius 2 is 1.84 bits per heavy atom. The number of amides is 1. The van der Waals surface area contributed by atoms with Crippen molar-refractivity contribution in [2.24, 2.45) is 0 Å². The molecule has 2 aromatic rings. The largest absolute Gasteiger partial charge is 0.375 e. The third-order valence-corrected chi connectivity index (χ3v) is 4.78. The fourth-order valence-electron chi connectivity index (χ4n) is 3.07. The van der Waals surface area contributed by atoms with E-state index in [1.165, 1.54) is 4.90 Å². The number of rotatable bonds is 5. The zero-order chi connectivity index (χ0) is 18.2. The zero-order valence-corrected chi connectivity index (χ0v) is 15.4. The van der Waals surface area contributed by atoms with E-state index in [9.17, 15) is 14.7 Å². The lowest BCUT2D eigenvalue weighted by Gasteiger charge is -2.23. The van der Waals surface area contributed by atoms with Crippen LogP contribution in [0.1, 0.15) is 29.3 Å². The number of carbonyl (C=O) groups excluding carboxylic acids is 2. The number of para-hydroxylation sites is 1. The van der Waals surface area contributed by atoms with Gasteiger partial charge in [-0.25, -0.2) is 0 Å². The average molecular weight is 400 g/mol. The highest BCUT2D eigenvalue weighted by Gasteiger charge is 2.50. The van der Waals surface area contributed by atoms with Crippen LogP contribution >= 0.6 is 15.9 Å². The number of halogens is 1. The van der Waals surface area contributed by atoms with Gasteiger partial charge in [0.15, 0.2) is 11.4 Å². The molecule has 2 aromatic carbocycles. The lowest BCUT2D eigenvalue weighted by molar-refractivity contribution is -0.135. The van der Waals surface area contributed by atoms with Gasteiger partial charge in [0.25, 0.3) is 5.91 Å². The van der Waals surface area contributed by atoms with Crippen LogP contribution in [0.5, 0.6) is 0 Å². The monoisotopic (exact) mass is 399 g/mol. The average Bonchev–Trinajstić information content (AvgIpc) is 2.77.